The minimum absolute atomic E-state index is 0.0439. The van der Waals surface area contributed by atoms with Crippen LogP contribution in [0.3, 0.4) is 0 Å². The average Bonchev–Trinajstić information content (AvgIpc) is 3.10. The van der Waals surface area contributed by atoms with Gasteiger partial charge in [0.1, 0.15) is 17.2 Å². The van der Waals surface area contributed by atoms with E-state index in [4.69, 9.17) is 11.6 Å². The van der Waals surface area contributed by atoms with Gasteiger partial charge in [-0.15, -0.1) is 0 Å². The molecule has 0 atom stereocenters. The molecule has 1 amide bonds. The highest BCUT2D eigenvalue weighted by atomic mass is 35.5. The molecule has 3 heterocycles. The van der Waals surface area contributed by atoms with E-state index in [0.717, 1.165) is 30.0 Å². The summed E-state index contributed by atoms with van der Waals surface area (Å²) in [4.78, 5) is 21.3. The fraction of sp³-hybridized carbons (Fsp3) is 0.300. The van der Waals surface area contributed by atoms with Gasteiger partial charge in [-0.1, -0.05) is 23.7 Å². The van der Waals surface area contributed by atoms with Gasteiger partial charge in [0, 0.05) is 49.6 Å². The van der Waals surface area contributed by atoms with Gasteiger partial charge in [-0.3, -0.25) is 9.69 Å². The lowest BCUT2D eigenvalue weighted by atomic mass is 10.2. The summed E-state index contributed by atoms with van der Waals surface area (Å²) in [5.74, 6) is -0.376. The summed E-state index contributed by atoms with van der Waals surface area (Å²) >= 11 is 6.12. The summed E-state index contributed by atoms with van der Waals surface area (Å²) in [5.41, 5.74) is 3.19. The second kappa shape index (κ2) is 7.29. The molecule has 1 aromatic carbocycles. The van der Waals surface area contributed by atoms with E-state index in [9.17, 15) is 9.18 Å². The number of benzene rings is 1. The van der Waals surface area contributed by atoms with Gasteiger partial charge in [-0.25, -0.2) is 9.37 Å². The predicted octanol–water partition coefficient (Wildman–Crippen LogP) is 3.39. The van der Waals surface area contributed by atoms with E-state index < -0.39 is 0 Å². The van der Waals surface area contributed by atoms with Gasteiger partial charge in [0.25, 0.3) is 5.91 Å². The van der Waals surface area contributed by atoms with Gasteiger partial charge in [0.2, 0.25) is 0 Å². The van der Waals surface area contributed by atoms with Gasteiger partial charge in [-0.05, 0) is 36.8 Å². The largest absolute Gasteiger partial charge is 0.335 e. The minimum Gasteiger partial charge on any atom is -0.335 e. The van der Waals surface area contributed by atoms with Crippen LogP contribution in [0, 0.1) is 12.7 Å². The molecule has 5 nitrogen and oxygen atoms in total. The second-order valence-electron chi connectivity index (χ2n) is 6.83. The lowest BCUT2D eigenvalue weighted by molar-refractivity contribution is 0.0623. The molecule has 0 spiro atoms. The maximum absolute atomic E-state index is 13.2. The number of carbonyl (C=O) groups excluding carboxylic acids is 1. The first-order chi connectivity index (χ1) is 13.0. The van der Waals surface area contributed by atoms with E-state index in [2.05, 4.69) is 9.88 Å². The van der Waals surface area contributed by atoms with Crippen LogP contribution in [-0.4, -0.2) is 51.3 Å². The summed E-state index contributed by atoms with van der Waals surface area (Å²) in [5, 5.41) is 0.438. The molecule has 1 fully saturated rings. The van der Waals surface area contributed by atoms with Crippen molar-refractivity contribution in [3.05, 3.63) is 70.4 Å². The fourth-order valence-electron chi connectivity index (χ4n) is 3.41. The van der Waals surface area contributed by atoms with Crippen molar-refractivity contribution in [2.24, 2.45) is 0 Å². The van der Waals surface area contributed by atoms with Gasteiger partial charge < -0.3 is 9.30 Å². The van der Waals surface area contributed by atoms with Crippen molar-refractivity contribution in [1.82, 2.24) is 19.2 Å². The van der Waals surface area contributed by atoms with E-state index in [1.54, 1.807) is 12.3 Å². The van der Waals surface area contributed by atoms with Crippen LogP contribution in [0.4, 0.5) is 4.39 Å². The summed E-state index contributed by atoms with van der Waals surface area (Å²) in [6.07, 6.45) is 1.80. The Balaban J connectivity index is 1.40. The molecule has 0 bridgehead atoms. The quantitative estimate of drug-likeness (QED) is 0.692. The van der Waals surface area contributed by atoms with E-state index >= 15 is 0 Å². The van der Waals surface area contributed by atoms with Crippen molar-refractivity contribution in [3.8, 4) is 0 Å². The third-order valence-corrected chi connectivity index (χ3v) is 5.34. The van der Waals surface area contributed by atoms with Crippen LogP contribution >= 0.6 is 11.6 Å². The minimum atomic E-state index is -0.332. The Morgan fingerprint density at radius 2 is 1.96 bits per heavy atom. The molecule has 1 saturated heterocycles. The third kappa shape index (κ3) is 3.68. The van der Waals surface area contributed by atoms with Crippen molar-refractivity contribution in [1.29, 1.82) is 0 Å². The Morgan fingerprint density at radius 1 is 1.19 bits per heavy atom. The highest BCUT2D eigenvalue weighted by molar-refractivity contribution is 6.31. The number of halogens is 2. The first-order valence-electron chi connectivity index (χ1n) is 8.91. The SMILES string of the molecule is Cc1cccc2nc(C(=O)N3CCN(Cc4ccc(F)cc4Cl)CC3)cn12. The smallest absolute Gasteiger partial charge is 0.274 e. The molecule has 0 N–H and O–H groups in total. The van der Waals surface area contributed by atoms with Crippen LogP contribution in [0.2, 0.25) is 5.02 Å². The molecule has 0 saturated carbocycles. The molecule has 7 heteroatoms. The van der Waals surface area contributed by atoms with E-state index in [-0.39, 0.29) is 11.7 Å². The first-order valence-corrected chi connectivity index (χ1v) is 9.29. The zero-order valence-electron chi connectivity index (χ0n) is 15.0. The van der Waals surface area contributed by atoms with Crippen molar-refractivity contribution in [2.45, 2.75) is 13.5 Å². The number of nitrogens with zero attached hydrogens (tertiary/aromatic N) is 4. The summed E-state index contributed by atoms with van der Waals surface area (Å²) < 4.78 is 15.1. The molecule has 0 radical (unpaired) electrons. The third-order valence-electron chi connectivity index (χ3n) is 4.98. The molecular weight excluding hydrogens is 367 g/mol. The second-order valence-corrected chi connectivity index (χ2v) is 7.23. The molecule has 3 aromatic rings. The molecular formula is C20H20ClFN4O. The van der Waals surface area contributed by atoms with E-state index in [1.807, 2.05) is 34.4 Å². The lowest BCUT2D eigenvalue weighted by Gasteiger charge is -2.34. The lowest BCUT2D eigenvalue weighted by Crippen LogP contribution is -2.48. The molecule has 1 aliphatic rings. The number of rotatable bonds is 3. The molecule has 27 heavy (non-hydrogen) atoms. The van der Waals surface area contributed by atoms with Crippen LogP contribution in [0.15, 0.2) is 42.6 Å². The van der Waals surface area contributed by atoms with Crippen molar-refractivity contribution in [3.63, 3.8) is 0 Å². The van der Waals surface area contributed by atoms with Crippen molar-refractivity contribution in [2.75, 3.05) is 26.2 Å². The number of pyridine rings is 1. The van der Waals surface area contributed by atoms with Crippen LogP contribution in [0.25, 0.3) is 5.65 Å². The number of aryl methyl sites for hydroxylation is 1. The van der Waals surface area contributed by atoms with Gasteiger partial charge in [0.05, 0.1) is 0 Å². The Kier molecular flexibility index (Phi) is 4.85. The number of fused-ring (bicyclic) bond motifs is 1. The van der Waals surface area contributed by atoms with E-state index in [0.29, 0.717) is 30.4 Å². The number of amides is 1. The number of piperazine rings is 1. The van der Waals surface area contributed by atoms with Gasteiger partial charge in [-0.2, -0.15) is 0 Å². The molecule has 0 unspecified atom stereocenters. The van der Waals surface area contributed by atoms with Crippen molar-refractivity contribution >= 4 is 23.2 Å². The maximum Gasteiger partial charge on any atom is 0.274 e. The Hall–Kier alpha value is -2.44. The van der Waals surface area contributed by atoms with Crippen LogP contribution < -0.4 is 0 Å². The number of hydrogen-bond acceptors (Lipinski definition) is 3. The van der Waals surface area contributed by atoms with Crippen LogP contribution in [0.5, 0.6) is 0 Å². The molecule has 4 rings (SSSR count). The highest BCUT2D eigenvalue weighted by Crippen LogP contribution is 2.20. The van der Waals surface area contributed by atoms with Crippen LogP contribution in [-0.2, 0) is 6.54 Å². The van der Waals surface area contributed by atoms with Gasteiger partial charge >= 0.3 is 0 Å². The first kappa shape index (κ1) is 17.9. The normalized spacial score (nSPS) is 15.4. The molecule has 0 aliphatic carbocycles. The zero-order chi connectivity index (χ0) is 19.0. The van der Waals surface area contributed by atoms with Gasteiger partial charge in [0.15, 0.2) is 0 Å². The Bertz CT molecular complexity index is 995. The molecule has 140 valence electrons. The number of hydrogen-bond donors (Lipinski definition) is 0. The average molecular weight is 387 g/mol. The Morgan fingerprint density at radius 3 is 2.67 bits per heavy atom. The number of aromatic nitrogens is 2. The standard InChI is InChI=1S/C20H20ClFN4O/c1-14-3-2-4-19-23-18(13-26(14)19)20(27)25-9-7-24(8-10-25)12-15-5-6-16(22)11-17(15)21/h2-6,11,13H,7-10,12H2,1H3. The molecule has 1 aliphatic heterocycles. The summed E-state index contributed by atoms with van der Waals surface area (Å²) in [7, 11) is 0. The monoisotopic (exact) mass is 386 g/mol. The summed E-state index contributed by atoms with van der Waals surface area (Å²) in [6.45, 7) is 5.38. The fourth-order valence-corrected chi connectivity index (χ4v) is 3.64. The topological polar surface area (TPSA) is 40.9 Å². The highest BCUT2D eigenvalue weighted by Gasteiger charge is 2.24. The zero-order valence-corrected chi connectivity index (χ0v) is 15.8. The maximum atomic E-state index is 13.2. The predicted molar refractivity (Wildman–Crippen MR) is 103 cm³/mol. The Labute approximate surface area is 162 Å². The van der Waals surface area contributed by atoms with Crippen LogP contribution in [0.1, 0.15) is 21.7 Å². The number of imidazole rings is 1. The summed E-state index contributed by atoms with van der Waals surface area (Å²) in [6, 6.07) is 10.3. The number of carbonyl (C=O) groups is 1. The van der Waals surface area contributed by atoms with E-state index in [1.165, 1.54) is 12.1 Å². The molecule has 2 aromatic heterocycles. The van der Waals surface area contributed by atoms with Crippen molar-refractivity contribution < 1.29 is 9.18 Å².